The van der Waals surface area contributed by atoms with Gasteiger partial charge in [-0.1, -0.05) is 38.1 Å². The van der Waals surface area contributed by atoms with Gasteiger partial charge in [-0.25, -0.2) is 8.42 Å². The molecule has 31 heavy (non-hydrogen) atoms. The second-order valence-corrected chi connectivity index (χ2v) is 9.66. The van der Waals surface area contributed by atoms with Gasteiger partial charge in [0.25, 0.3) is 5.91 Å². The molecule has 1 amide bonds. The zero-order valence-corrected chi connectivity index (χ0v) is 19.4. The summed E-state index contributed by atoms with van der Waals surface area (Å²) >= 11 is 0. The molecular weight excluding hydrogens is 412 g/mol. The monoisotopic (exact) mass is 444 g/mol. The summed E-state index contributed by atoms with van der Waals surface area (Å²) < 4.78 is 26.9. The number of carbonyl (C=O) groups is 1. The number of nitrogens with one attached hydrogen (secondary N) is 1. The number of nitrogens with zero attached hydrogens (tertiary/aromatic N) is 3. The number of piperazine rings is 1. The van der Waals surface area contributed by atoms with Crippen LogP contribution in [0.4, 0.5) is 5.69 Å². The van der Waals surface area contributed by atoms with E-state index in [1.54, 1.807) is 26.0 Å². The first-order chi connectivity index (χ1) is 14.9. The largest absolute Gasteiger partial charge is 0.369 e. The fraction of sp³-hybridized carbons (Fsp3) is 0.435. The number of amides is 1. The van der Waals surface area contributed by atoms with Gasteiger partial charge in [0.2, 0.25) is 10.0 Å². The van der Waals surface area contributed by atoms with Gasteiger partial charge >= 0.3 is 0 Å². The van der Waals surface area contributed by atoms with Crippen LogP contribution in [0.5, 0.6) is 0 Å². The van der Waals surface area contributed by atoms with Crippen molar-refractivity contribution < 1.29 is 13.2 Å². The molecule has 1 heterocycles. The van der Waals surface area contributed by atoms with E-state index in [1.165, 1.54) is 16.4 Å². The van der Waals surface area contributed by atoms with Gasteiger partial charge in [-0.2, -0.15) is 4.31 Å². The highest BCUT2D eigenvalue weighted by molar-refractivity contribution is 7.89. The molecule has 0 bridgehead atoms. The predicted molar refractivity (Wildman–Crippen MR) is 124 cm³/mol. The van der Waals surface area contributed by atoms with E-state index in [2.05, 4.69) is 28.2 Å². The highest BCUT2D eigenvalue weighted by Crippen LogP contribution is 2.22. The third-order valence-corrected chi connectivity index (χ3v) is 7.76. The van der Waals surface area contributed by atoms with Crippen molar-refractivity contribution in [3.05, 3.63) is 59.7 Å². The Bertz CT molecular complexity index is 997. The average molecular weight is 445 g/mol. The van der Waals surface area contributed by atoms with Crippen LogP contribution in [-0.2, 0) is 16.6 Å². The summed E-state index contributed by atoms with van der Waals surface area (Å²) in [7, 11) is -1.48. The van der Waals surface area contributed by atoms with Gasteiger partial charge in [0.1, 0.15) is 0 Å². The van der Waals surface area contributed by atoms with E-state index in [0.29, 0.717) is 25.2 Å². The van der Waals surface area contributed by atoms with Crippen LogP contribution in [0.25, 0.3) is 0 Å². The Morgan fingerprint density at radius 3 is 2.35 bits per heavy atom. The fourth-order valence-corrected chi connectivity index (χ4v) is 5.31. The third kappa shape index (κ3) is 5.44. The number of carbonyl (C=O) groups excluding carboxylic acids is 1. The molecule has 3 rings (SSSR count). The molecule has 7 nitrogen and oxygen atoms in total. The number of rotatable bonds is 8. The number of benzene rings is 2. The smallest absolute Gasteiger partial charge is 0.251 e. The first-order valence-corrected chi connectivity index (χ1v) is 12.2. The molecule has 168 valence electrons. The van der Waals surface area contributed by atoms with Crippen LogP contribution < -0.4 is 10.2 Å². The van der Waals surface area contributed by atoms with Gasteiger partial charge in [0.05, 0.1) is 4.90 Å². The Morgan fingerprint density at radius 2 is 1.68 bits per heavy atom. The van der Waals surface area contributed by atoms with Crippen LogP contribution in [0.1, 0.15) is 29.8 Å². The van der Waals surface area contributed by atoms with Crippen molar-refractivity contribution in [2.75, 3.05) is 51.2 Å². The lowest BCUT2D eigenvalue weighted by Crippen LogP contribution is -2.45. The van der Waals surface area contributed by atoms with Crippen LogP contribution in [0.2, 0.25) is 0 Å². The quantitative estimate of drug-likeness (QED) is 0.677. The Kier molecular flexibility index (Phi) is 7.69. The second kappa shape index (κ2) is 10.3. The number of hydrogen-bond donors (Lipinski definition) is 1. The van der Waals surface area contributed by atoms with Crippen LogP contribution in [0.15, 0.2) is 53.4 Å². The number of likely N-dealkylation sites (N-methyl/N-ethyl adjacent to an activating group) is 1. The molecule has 0 aromatic heterocycles. The number of anilines is 1. The highest BCUT2D eigenvalue weighted by Gasteiger charge is 2.23. The van der Waals surface area contributed by atoms with Crippen LogP contribution in [-0.4, -0.2) is 69.8 Å². The topological polar surface area (TPSA) is 73.0 Å². The molecule has 0 spiro atoms. The van der Waals surface area contributed by atoms with E-state index in [0.717, 1.165) is 37.4 Å². The van der Waals surface area contributed by atoms with Crippen molar-refractivity contribution in [1.82, 2.24) is 14.5 Å². The first kappa shape index (κ1) is 23.2. The second-order valence-electron chi connectivity index (χ2n) is 7.72. The summed E-state index contributed by atoms with van der Waals surface area (Å²) in [6.07, 6.45) is 0. The zero-order chi connectivity index (χ0) is 22.4. The third-order valence-electron chi connectivity index (χ3n) is 5.71. The minimum atomic E-state index is -3.61. The number of para-hydroxylation sites is 1. The minimum absolute atomic E-state index is 0.140. The maximum absolute atomic E-state index is 12.8. The van der Waals surface area contributed by atoms with Gasteiger partial charge in [-0.15, -0.1) is 0 Å². The molecule has 8 heteroatoms. The standard InChI is InChI=1S/C23H32N4O3S/c1-4-27(5-2)31(29,30)21-11-8-10-19(17-21)23(28)24-18-20-9-6-7-12-22(20)26-15-13-25(3)14-16-26/h6-12,17H,4-5,13-16,18H2,1-3H3,(H,24,28). The fourth-order valence-electron chi connectivity index (χ4n) is 3.80. The molecule has 1 N–H and O–H groups in total. The van der Waals surface area contributed by atoms with Crippen LogP contribution >= 0.6 is 0 Å². The summed E-state index contributed by atoms with van der Waals surface area (Å²) in [5.41, 5.74) is 2.52. The Balaban J connectivity index is 1.73. The number of sulfonamides is 1. The van der Waals surface area contributed by atoms with Gasteiger partial charge < -0.3 is 15.1 Å². The molecule has 2 aromatic rings. The molecule has 0 saturated carbocycles. The Morgan fingerprint density at radius 1 is 1.00 bits per heavy atom. The molecule has 1 fully saturated rings. The molecule has 1 aliphatic heterocycles. The molecule has 0 unspecified atom stereocenters. The van der Waals surface area contributed by atoms with E-state index in [1.807, 2.05) is 18.2 Å². The molecule has 2 aromatic carbocycles. The summed E-state index contributed by atoms with van der Waals surface area (Å²) in [4.78, 5) is 17.6. The van der Waals surface area contributed by atoms with Crippen molar-refractivity contribution in [3.8, 4) is 0 Å². The lowest BCUT2D eigenvalue weighted by Gasteiger charge is -2.35. The molecular formula is C23H32N4O3S. The molecule has 0 atom stereocenters. The Labute approximate surface area is 185 Å². The van der Waals surface area contributed by atoms with Crippen molar-refractivity contribution in [1.29, 1.82) is 0 Å². The SMILES string of the molecule is CCN(CC)S(=O)(=O)c1cccc(C(=O)NCc2ccccc2N2CCN(C)CC2)c1. The van der Waals surface area contributed by atoms with E-state index in [-0.39, 0.29) is 10.8 Å². The van der Waals surface area contributed by atoms with E-state index in [9.17, 15) is 13.2 Å². The molecule has 0 aliphatic carbocycles. The van der Waals surface area contributed by atoms with E-state index in [4.69, 9.17) is 0 Å². The maximum Gasteiger partial charge on any atom is 0.251 e. The Hall–Kier alpha value is -2.42. The minimum Gasteiger partial charge on any atom is -0.369 e. The first-order valence-electron chi connectivity index (χ1n) is 10.8. The summed E-state index contributed by atoms with van der Waals surface area (Å²) in [6, 6.07) is 14.3. The van der Waals surface area contributed by atoms with Gasteiger partial charge in [-0.3, -0.25) is 4.79 Å². The molecule has 1 aliphatic rings. The average Bonchev–Trinajstić information content (AvgIpc) is 2.79. The van der Waals surface area contributed by atoms with Gasteiger partial charge in [0, 0.05) is 57.1 Å². The zero-order valence-electron chi connectivity index (χ0n) is 18.5. The normalized spacial score (nSPS) is 15.3. The van der Waals surface area contributed by atoms with E-state index < -0.39 is 10.0 Å². The van der Waals surface area contributed by atoms with E-state index >= 15 is 0 Å². The number of hydrogen-bond acceptors (Lipinski definition) is 5. The molecule has 0 radical (unpaired) electrons. The summed E-state index contributed by atoms with van der Waals surface area (Å²) in [5.74, 6) is -0.287. The summed E-state index contributed by atoms with van der Waals surface area (Å²) in [5, 5.41) is 2.95. The lowest BCUT2D eigenvalue weighted by molar-refractivity contribution is 0.0950. The molecule has 1 saturated heterocycles. The lowest BCUT2D eigenvalue weighted by atomic mass is 10.1. The van der Waals surface area contributed by atoms with Crippen molar-refractivity contribution >= 4 is 21.6 Å². The highest BCUT2D eigenvalue weighted by atomic mass is 32.2. The van der Waals surface area contributed by atoms with Crippen molar-refractivity contribution in [2.45, 2.75) is 25.3 Å². The van der Waals surface area contributed by atoms with Crippen LogP contribution in [0.3, 0.4) is 0 Å². The van der Waals surface area contributed by atoms with Gasteiger partial charge in [0.15, 0.2) is 0 Å². The summed E-state index contributed by atoms with van der Waals surface area (Å²) in [6.45, 7) is 8.68. The predicted octanol–water partition coefficient (Wildman–Crippen LogP) is 2.40. The van der Waals surface area contributed by atoms with Crippen molar-refractivity contribution in [3.63, 3.8) is 0 Å². The van der Waals surface area contributed by atoms with Gasteiger partial charge in [-0.05, 0) is 36.9 Å². The van der Waals surface area contributed by atoms with Crippen molar-refractivity contribution in [2.24, 2.45) is 0 Å². The van der Waals surface area contributed by atoms with Crippen LogP contribution in [0, 0.1) is 0 Å². The maximum atomic E-state index is 12.8.